The highest BCUT2D eigenvalue weighted by Crippen LogP contribution is 2.34. The summed E-state index contributed by atoms with van der Waals surface area (Å²) in [4.78, 5) is 0. The van der Waals surface area contributed by atoms with Crippen LogP contribution in [0.15, 0.2) is 24.3 Å². The minimum Gasteiger partial charge on any atom is -0.396 e. The zero-order chi connectivity index (χ0) is 8.39. The van der Waals surface area contributed by atoms with E-state index in [1.54, 1.807) is 0 Å². The quantitative estimate of drug-likeness (QED) is 0.706. The summed E-state index contributed by atoms with van der Waals surface area (Å²) < 4.78 is 0. The molecule has 0 aromatic heterocycles. The monoisotopic (exact) mass is 162 g/mol. The number of aliphatic hydroxyl groups is 1. The summed E-state index contributed by atoms with van der Waals surface area (Å²) in [5.74, 6) is 0.617. The second-order valence-corrected chi connectivity index (χ2v) is 3.45. The van der Waals surface area contributed by atoms with Crippen LogP contribution in [-0.4, -0.2) is 11.7 Å². The minimum atomic E-state index is 0.318. The molecule has 12 heavy (non-hydrogen) atoms. The molecular formula is C11H14O. The molecule has 64 valence electrons. The summed E-state index contributed by atoms with van der Waals surface area (Å²) in [6, 6.07) is 8.59. The lowest BCUT2D eigenvalue weighted by Gasteiger charge is -2.08. The van der Waals surface area contributed by atoms with Crippen LogP contribution in [0.1, 0.15) is 29.9 Å². The molecule has 0 saturated carbocycles. The first-order valence-electron chi connectivity index (χ1n) is 4.60. The zero-order valence-electron chi connectivity index (χ0n) is 7.16. The highest BCUT2D eigenvalue weighted by molar-refractivity contribution is 5.34. The molecule has 1 nitrogen and oxygen atoms in total. The van der Waals surface area contributed by atoms with Gasteiger partial charge in [-0.25, -0.2) is 0 Å². The maximum Gasteiger partial charge on any atom is 0.0436 e. The Bertz CT molecular complexity index is 265. The summed E-state index contributed by atoms with van der Waals surface area (Å²) in [7, 11) is 0. The number of aliphatic hydroxyl groups excluding tert-OH is 1. The first-order chi connectivity index (χ1) is 5.92. The Hall–Kier alpha value is -0.820. The van der Waals surface area contributed by atoms with Crippen LogP contribution in [0.4, 0.5) is 0 Å². The predicted octanol–water partition coefficient (Wildman–Crippen LogP) is 2.10. The first kappa shape index (κ1) is 7.81. The van der Waals surface area contributed by atoms with Gasteiger partial charge in [-0.15, -0.1) is 0 Å². The van der Waals surface area contributed by atoms with Gasteiger partial charge in [0.05, 0.1) is 0 Å². The van der Waals surface area contributed by atoms with Gasteiger partial charge in [0.15, 0.2) is 0 Å². The van der Waals surface area contributed by atoms with Gasteiger partial charge >= 0.3 is 0 Å². The summed E-state index contributed by atoms with van der Waals surface area (Å²) >= 11 is 0. The largest absolute Gasteiger partial charge is 0.396 e. The van der Waals surface area contributed by atoms with Crippen molar-refractivity contribution in [2.75, 3.05) is 6.61 Å². The zero-order valence-corrected chi connectivity index (χ0v) is 7.16. The maximum absolute atomic E-state index is 8.85. The Morgan fingerprint density at radius 3 is 3.00 bits per heavy atom. The molecule has 2 rings (SSSR count). The Morgan fingerprint density at radius 1 is 1.33 bits per heavy atom. The van der Waals surface area contributed by atoms with Crippen molar-refractivity contribution in [3.05, 3.63) is 35.4 Å². The molecule has 1 aliphatic carbocycles. The second-order valence-electron chi connectivity index (χ2n) is 3.45. The van der Waals surface area contributed by atoms with E-state index in [2.05, 4.69) is 24.3 Å². The fourth-order valence-electron chi connectivity index (χ4n) is 2.10. The van der Waals surface area contributed by atoms with Gasteiger partial charge in [-0.1, -0.05) is 24.3 Å². The van der Waals surface area contributed by atoms with Crippen LogP contribution < -0.4 is 0 Å². The predicted molar refractivity (Wildman–Crippen MR) is 49.2 cm³/mol. The Kier molecular flexibility index (Phi) is 2.13. The molecule has 0 radical (unpaired) electrons. The van der Waals surface area contributed by atoms with E-state index in [9.17, 15) is 0 Å². The molecule has 0 bridgehead atoms. The van der Waals surface area contributed by atoms with Crippen molar-refractivity contribution in [2.24, 2.45) is 0 Å². The highest BCUT2D eigenvalue weighted by Gasteiger charge is 2.20. The van der Waals surface area contributed by atoms with Crippen LogP contribution in [0.2, 0.25) is 0 Å². The lowest BCUT2D eigenvalue weighted by molar-refractivity contribution is 0.275. The fraction of sp³-hybridized carbons (Fsp3) is 0.455. The van der Waals surface area contributed by atoms with E-state index in [-0.39, 0.29) is 0 Å². The number of benzene rings is 1. The average Bonchev–Trinajstić information content (AvgIpc) is 2.50. The molecule has 0 unspecified atom stereocenters. The summed E-state index contributed by atoms with van der Waals surface area (Å²) in [6.07, 6.45) is 3.34. The SMILES string of the molecule is OCC[C@H]1CCc2ccccc21. The van der Waals surface area contributed by atoms with Gasteiger partial charge in [0, 0.05) is 6.61 Å². The van der Waals surface area contributed by atoms with E-state index < -0.39 is 0 Å². The number of rotatable bonds is 2. The van der Waals surface area contributed by atoms with E-state index in [1.807, 2.05) is 0 Å². The Balaban J connectivity index is 2.24. The molecular weight excluding hydrogens is 148 g/mol. The molecule has 1 aromatic rings. The third-order valence-corrected chi connectivity index (χ3v) is 2.73. The van der Waals surface area contributed by atoms with Crippen LogP contribution in [-0.2, 0) is 6.42 Å². The van der Waals surface area contributed by atoms with Crippen molar-refractivity contribution in [2.45, 2.75) is 25.2 Å². The Labute approximate surface area is 73.0 Å². The highest BCUT2D eigenvalue weighted by atomic mass is 16.3. The van der Waals surface area contributed by atoms with E-state index in [0.717, 1.165) is 6.42 Å². The fourth-order valence-corrected chi connectivity index (χ4v) is 2.10. The molecule has 0 saturated heterocycles. The molecule has 1 aliphatic rings. The molecule has 0 heterocycles. The van der Waals surface area contributed by atoms with Gasteiger partial charge in [0.2, 0.25) is 0 Å². The summed E-state index contributed by atoms with van der Waals surface area (Å²) in [5, 5.41) is 8.85. The van der Waals surface area contributed by atoms with Crippen LogP contribution in [0, 0.1) is 0 Å². The van der Waals surface area contributed by atoms with Gasteiger partial charge in [0.25, 0.3) is 0 Å². The van der Waals surface area contributed by atoms with Gasteiger partial charge in [0.1, 0.15) is 0 Å². The normalized spacial score (nSPS) is 20.9. The lowest BCUT2D eigenvalue weighted by Crippen LogP contribution is -1.96. The molecule has 0 aliphatic heterocycles. The molecule has 1 aromatic carbocycles. The van der Waals surface area contributed by atoms with Crippen molar-refractivity contribution >= 4 is 0 Å². The van der Waals surface area contributed by atoms with Gasteiger partial charge < -0.3 is 5.11 Å². The van der Waals surface area contributed by atoms with Crippen molar-refractivity contribution in [1.29, 1.82) is 0 Å². The molecule has 0 amide bonds. The summed E-state index contributed by atoms with van der Waals surface area (Å²) in [6.45, 7) is 0.318. The lowest BCUT2D eigenvalue weighted by atomic mass is 9.98. The smallest absolute Gasteiger partial charge is 0.0436 e. The molecule has 1 heteroatoms. The van der Waals surface area contributed by atoms with Crippen molar-refractivity contribution in [3.63, 3.8) is 0 Å². The number of fused-ring (bicyclic) bond motifs is 1. The van der Waals surface area contributed by atoms with Crippen LogP contribution in [0.25, 0.3) is 0 Å². The van der Waals surface area contributed by atoms with Crippen LogP contribution >= 0.6 is 0 Å². The van der Waals surface area contributed by atoms with Gasteiger partial charge in [-0.2, -0.15) is 0 Å². The third kappa shape index (κ3) is 1.25. The van der Waals surface area contributed by atoms with Crippen molar-refractivity contribution in [3.8, 4) is 0 Å². The van der Waals surface area contributed by atoms with E-state index in [0.29, 0.717) is 12.5 Å². The second kappa shape index (κ2) is 3.28. The maximum atomic E-state index is 8.85. The Morgan fingerprint density at radius 2 is 2.17 bits per heavy atom. The molecule has 0 spiro atoms. The topological polar surface area (TPSA) is 20.2 Å². The minimum absolute atomic E-state index is 0.318. The third-order valence-electron chi connectivity index (χ3n) is 2.73. The van der Waals surface area contributed by atoms with Crippen LogP contribution in [0.5, 0.6) is 0 Å². The number of hydrogen-bond donors (Lipinski definition) is 1. The molecule has 1 atom stereocenters. The van der Waals surface area contributed by atoms with Crippen molar-refractivity contribution < 1.29 is 5.11 Å². The van der Waals surface area contributed by atoms with E-state index in [1.165, 1.54) is 24.0 Å². The van der Waals surface area contributed by atoms with E-state index >= 15 is 0 Å². The summed E-state index contributed by atoms with van der Waals surface area (Å²) in [5.41, 5.74) is 2.95. The number of aryl methyl sites for hydroxylation is 1. The molecule has 1 N–H and O–H groups in total. The van der Waals surface area contributed by atoms with Crippen LogP contribution in [0.3, 0.4) is 0 Å². The standard InChI is InChI=1S/C11H14O/c12-8-7-10-6-5-9-3-1-2-4-11(9)10/h1-4,10,12H,5-8H2/t10-/m1/s1. The van der Waals surface area contributed by atoms with Crippen molar-refractivity contribution in [1.82, 2.24) is 0 Å². The number of hydrogen-bond acceptors (Lipinski definition) is 1. The van der Waals surface area contributed by atoms with Gasteiger partial charge in [-0.3, -0.25) is 0 Å². The molecule has 0 fully saturated rings. The first-order valence-corrected chi connectivity index (χ1v) is 4.60. The van der Waals surface area contributed by atoms with E-state index in [4.69, 9.17) is 5.11 Å². The van der Waals surface area contributed by atoms with Gasteiger partial charge in [-0.05, 0) is 36.3 Å². The average molecular weight is 162 g/mol.